The van der Waals surface area contributed by atoms with Gasteiger partial charge in [0.2, 0.25) is 5.91 Å². The number of benzene rings is 3. The number of fused-ring (bicyclic) bond motifs is 3. The highest BCUT2D eigenvalue weighted by Crippen LogP contribution is 2.52. The maximum absolute atomic E-state index is 12.7. The highest BCUT2D eigenvalue weighted by Gasteiger charge is 2.57. The average molecular weight is 552 g/mol. The van der Waals surface area contributed by atoms with Crippen LogP contribution < -0.4 is 19.7 Å². The van der Waals surface area contributed by atoms with Crippen LogP contribution in [-0.4, -0.2) is 24.7 Å². The highest BCUT2D eigenvalue weighted by molar-refractivity contribution is 6.35. The zero-order valence-corrected chi connectivity index (χ0v) is 23.6. The summed E-state index contributed by atoms with van der Waals surface area (Å²) in [6.07, 6.45) is 4.65. The molecule has 0 radical (unpaired) electrons. The molecule has 1 amide bonds. The number of halogens is 2. The van der Waals surface area contributed by atoms with Gasteiger partial charge >= 0.3 is 0 Å². The van der Waals surface area contributed by atoms with Gasteiger partial charge in [-0.15, -0.1) is 0 Å². The predicted molar refractivity (Wildman–Crippen MR) is 154 cm³/mol. The molecule has 7 heteroatoms. The molecule has 1 atom stereocenters. The molecule has 5 rings (SSSR count). The maximum Gasteiger partial charge on any atom is 0.223 e. The van der Waals surface area contributed by atoms with E-state index in [4.69, 9.17) is 32.7 Å². The summed E-state index contributed by atoms with van der Waals surface area (Å²) in [5.41, 5.74) is 4.39. The van der Waals surface area contributed by atoms with E-state index in [0.29, 0.717) is 47.7 Å². The highest BCUT2D eigenvalue weighted by atomic mass is 35.5. The van der Waals surface area contributed by atoms with Gasteiger partial charge in [-0.2, -0.15) is 0 Å². The Kier molecular flexibility index (Phi) is 7.10. The Hall–Kier alpha value is -3.15. The zero-order chi connectivity index (χ0) is 27.1. The lowest BCUT2D eigenvalue weighted by molar-refractivity contribution is -0.124. The van der Waals surface area contributed by atoms with Gasteiger partial charge in [0.05, 0.1) is 6.61 Å². The number of hydrogen-bond donors (Lipinski definition) is 1. The minimum absolute atomic E-state index is 0.0584. The van der Waals surface area contributed by atoms with Crippen molar-refractivity contribution in [2.24, 2.45) is 0 Å². The number of ether oxygens (including phenoxy) is 2. The molecule has 0 spiro atoms. The second-order valence-electron chi connectivity index (χ2n) is 10.4. The Morgan fingerprint density at radius 2 is 1.84 bits per heavy atom. The quantitative estimate of drug-likeness (QED) is 0.335. The van der Waals surface area contributed by atoms with E-state index in [9.17, 15) is 4.79 Å². The molecule has 2 aliphatic rings. The molecule has 2 heterocycles. The number of nitrogens with one attached hydrogen (secondary N) is 1. The van der Waals surface area contributed by atoms with Crippen molar-refractivity contribution >= 4 is 40.9 Å². The van der Waals surface area contributed by atoms with Crippen LogP contribution in [0.15, 0.2) is 60.7 Å². The van der Waals surface area contributed by atoms with Gasteiger partial charge in [0.25, 0.3) is 0 Å². The Balaban J connectivity index is 1.45. The topological polar surface area (TPSA) is 50.8 Å². The smallest absolute Gasteiger partial charge is 0.223 e. The summed E-state index contributed by atoms with van der Waals surface area (Å²) < 4.78 is 12.0. The van der Waals surface area contributed by atoms with Gasteiger partial charge in [0.15, 0.2) is 11.5 Å². The average Bonchev–Trinajstić information content (AvgIpc) is 3.06. The number of hydrogen-bond acceptors (Lipinski definition) is 4. The molecule has 1 N–H and O–H groups in total. The van der Waals surface area contributed by atoms with Crippen LogP contribution in [0.25, 0.3) is 6.08 Å². The van der Waals surface area contributed by atoms with E-state index in [1.54, 1.807) is 12.1 Å². The molecule has 3 aromatic rings. The third kappa shape index (κ3) is 4.63. The Morgan fingerprint density at radius 3 is 2.61 bits per heavy atom. The van der Waals surface area contributed by atoms with E-state index in [1.807, 2.05) is 31.2 Å². The van der Waals surface area contributed by atoms with Crippen LogP contribution in [0.1, 0.15) is 49.4 Å². The van der Waals surface area contributed by atoms with Gasteiger partial charge in [-0.3, -0.25) is 4.79 Å². The van der Waals surface area contributed by atoms with E-state index in [2.05, 4.69) is 61.3 Å². The SMILES string of the molecule is CCOc1cc(/C=C/[C@@]23NC(=O)CCN2c2ccc(C)cc2C3(C)C)ccc1OCc1ccc(Cl)cc1Cl. The van der Waals surface area contributed by atoms with E-state index >= 15 is 0 Å². The van der Waals surface area contributed by atoms with Crippen molar-refractivity contribution in [2.75, 3.05) is 18.1 Å². The van der Waals surface area contributed by atoms with E-state index in [1.165, 1.54) is 16.8 Å². The Morgan fingerprint density at radius 1 is 1.03 bits per heavy atom. The van der Waals surface area contributed by atoms with Gasteiger partial charge in [0.1, 0.15) is 12.3 Å². The number of rotatable bonds is 7. The van der Waals surface area contributed by atoms with Gasteiger partial charge in [-0.05, 0) is 61.4 Å². The van der Waals surface area contributed by atoms with Crippen LogP contribution in [-0.2, 0) is 16.8 Å². The van der Waals surface area contributed by atoms with E-state index < -0.39 is 5.66 Å². The van der Waals surface area contributed by atoms with Gasteiger partial charge in [0, 0.05) is 39.7 Å². The first-order valence-corrected chi connectivity index (χ1v) is 13.6. The first-order chi connectivity index (χ1) is 18.1. The summed E-state index contributed by atoms with van der Waals surface area (Å²) in [4.78, 5) is 15.0. The van der Waals surface area contributed by atoms with Crippen molar-refractivity contribution in [3.8, 4) is 11.5 Å². The predicted octanol–water partition coefficient (Wildman–Crippen LogP) is 7.31. The zero-order valence-electron chi connectivity index (χ0n) is 22.1. The molecule has 38 heavy (non-hydrogen) atoms. The first-order valence-electron chi connectivity index (χ1n) is 12.9. The van der Waals surface area contributed by atoms with Crippen LogP contribution in [0, 0.1) is 6.92 Å². The molecular weight excluding hydrogens is 519 g/mol. The molecule has 1 fully saturated rings. The summed E-state index contributed by atoms with van der Waals surface area (Å²) in [7, 11) is 0. The Labute approximate surface area is 234 Å². The van der Waals surface area contributed by atoms with Crippen LogP contribution >= 0.6 is 23.2 Å². The second-order valence-corrected chi connectivity index (χ2v) is 11.2. The largest absolute Gasteiger partial charge is 0.490 e. The standard InChI is InChI=1S/C31H32Cl2N2O3/c1-5-37-28-17-21(7-11-27(28)38-19-22-8-9-23(32)18-25(22)33)12-14-31-30(3,4)24-16-20(2)6-10-26(24)35(31)15-13-29(36)34-31/h6-12,14,16-18H,5,13,15,19H2,1-4H3,(H,34,36)/b14-12+/t31-/m1/s1. The summed E-state index contributed by atoms with van der Waals surface area (Å²) in [6.45, 7) is 9.91. The molecule has 2 aliphatic heterocycles. The molecule has 198 valence electrons. The van der Waals surface area contributed by atoms with Gasteiger partial charge in [-0.1, -0.05) is 73.0 Å². The normalized spacial score (nSPS) is 19.7. The Bertz CT molecular complexity index is 1420. The van der Waals surface area contributed by atoms with Crippen molar-refractivity contribution in [1.29, 1.82) is 0 Å². The van der Waals surface area contributed by atoms with E-state index in [-0.39, 0.29) is 11.3 Å². The van der Waals surface area contributed by atoms with Crippen LogP contribution in [0.2, 0.25) is 10.0 Å². The molecule has 1 saturated heterocycles. The molecule has 0 aliphatic carbocycles. The molecular formula is C31H32Cl2N2O3. The monoisotopic (exact) mass is 550 g/mol. The summed E-state index contributed by atoms with van der Waals surface area (Å²) >= 11 is 12.3. The fraction of sp³-hybridized carbons (Fsp3) is 0.323. The van der Waals surface area contributed by atoms with E-state index in [0.717, 1.165) is 11.1 Å². The number of aryl methyl sites for hydroxylation is 1. The number of carbonyl (C=O) groups is 1. The molecule has 5 nitrogen and oxygen atoms in total. The third-order valence-corrected chi connectivity index (χ3v) is 8.16. The van der Waals surface area contributed by atoms with Crippen molar-refractivity contribution in [1.82, 2.24) is 5.32 Å². The fourth-order valence-electron chi connectivity index (χ4n) is 5.49. The summed E-state index contributed by atoms with van der Waals surface area (Å²) in [6, 6.07) is 17.8. The molecule has 0 aromatic heterocycles. The molecule has 3 aromatic carbocycles. The third-order valence-electron chi connectivity index (χ3n) is 7.57. The number of carbonyl (C=O) groups excluding carboxylic acids is 1. The van der Waals surface area contributed by atoms with Crippen molar-refractivity contribution < 1.29 is 14.3 Å². The second kappa shape index (κ2) is 10.2. The van der Waals surface area contributed by atoms with Crippen LogP contribution in [0.4, 0.5) is 5.69 Å². The fourth-order valence-corrected chi connectivity index (χ4v) is 5.96. The van der Waals surface area contributed by atoms with Crippen LogP contribution in [0.3, 0.4) is 0 Å². The van der Waals surface area contributed by atoms with Crippen molar-refractivity contribution in [2.45, 2.75) is 51.8 Å². The van der Waals surface area contributed by atoms with Crippen LogP contribution in [0.5, 0.6) is 11.5 Å². The lowest BCUT2D eigenvalue weighted by Crippen LogP contribution is -2.68. The number of nitrogens with zero attached hydrogens (tertiary/aromatic N) is 1. The minimum Gasteiger partial charge on any atom is -0.490 e. The lowest BCUT2D eigenvalue weighted by atomic mass is 9.74. The maximum atomic E-state index is 12.7. The molecule has 0 saturated carbocycles. The molecule has 0 bridgehead atoms. The van der Waals surface area contributed by atoms with Crippen molar-refractivity contribution in [3.05, 3.63) is 93.0 Å². The lowest BCUT2D eigenvalue weighted by Gasteiger charge is -2.49. The first kappa shape index (κ1) is 26.5. The van der Waals surface area contributed by atoms with Gasteiger partial charge < -0.3 is 19.7 Å². The molecule has 0 unspecified atom stereocenters. The minimum atomic E-state index is -0.676. The summed E-state index contributed by atoms with van der Waals surface area (Å²) in [5.74, 6) is 1.33. The van der Waals surface area contributed by atoms with Crippen molar-refractivity contribution in [3.63, 3.8) is 0 Å². The number of anilines is 1. The number of amides is 1. The summed E-state index contributed by atoms with van der Waals surface area (Å²) in [5, 5.41) is 4.48. The van der Waals surface area contributed by atoms with Gasteiger partial charge in [-0.25, -0.2) is 0 Å².